The number of aromatic nitrogens is 3. The van der Waals surface area contributed by atoms with E-state index in [0.29, 0.717) is 6.61 Å². The van der Waals surface area contributed by atoms with Crippen LogP contribution in [0.25, 0.3) is 11.3 Å². The quantitative estimate of drug-likeness (QED) is 0.584. The molecule has 1 aromatic heterocycles. The second-order valence-electron chi connectivity index (χ2n) is 6.23. The minimum absolute atomic E-state index is 0.280. The number of esters is 1. The summed E-state index contributed by atoms with van der Waals surface area (Å²) in [7, 11) is -1.41. The van der Waals surface area contributed by atoms with Gasteiger partial charge in [-0.3, -0.25) is 0 Å². The monoisotopic (exact) mass is 381 g/mol. The zero-order valence-electron chi connectivity index (χ0n) is 13.3. The second-order valence-corrected chi connectivity index (χ2v) is 12.6. The zero-order chi connectivity index (χ0) is 16.3. The van der Waals surface area contributed by atoms with Gasteiger partial charge in [-0.1, -0.05) is 52.9 Å². The number of halogens is 1. The van der Waals surface area contributed by atoms with Crippen LogP contribution in [0.2, 0.25) is 19.6 Å². The van der Waals surface area contributed by atoms with Crippen LogP contribution < -0.4 is 0 Å². The van der Waals surface area contributed by atoms with Crippen LogP contribution in [0.15, 0.2) is 28.7 Å². The average Bonchev–Trinajstić information content (AvgIpc) is 2.81. The lowest BCUT2D eigenvalue weighted by Crippen LogP contribution is -2.29. The van der Waals surface area contributed by atoms with Crippen LogP contribution in [-0.4, -0.2) is 35.6 Å². The van der Waals surface area contributed by atoms with E-state index in [1.807, 2.05) is 28.9 Å². The smallest absolute Gasteiger partial charge is 0.361 e. The van der Waals surface area contributed by atoms with Gasteiger partial charge in [0.25, 0.3) is 0 Å². The van der Waals surface area contributed by atoms with Crippen molar-refractivity contribution < 1.29 is 9.53 Å². The maximum atomic E-state index is 12.1. The number of ether oxygens (including phenoxy) is 1. The summed E-state index contributed by atoms with van der Waals surface area (Å²) in [4.78, 5) is 12.1. The van der Waals surface area contributed by atoms with Crippen molar-refractivity contribution in [2.45, 2.75) is 32.7 Å². The molecule has 0 saturated carbocycles. The summed E-state index contributed by atoms with van der Waals surface area (Å²) in [5.74, 6) is -0.428. The molecule has 2 rings (SSSR count). The Morgan fingerprint density at radius 3 is 2.45 bits per heavy atom. The largest absolute Gasteiger partial charge is 0.461 e. The van der Waals surface area contributed by atoms with Gasteiger partial charge >= 0.3 is 5.97 Å². The van der Waals surface area contributed by atoms with Crippen LogP contribution in [0, 0.1) is 0 Å². The molecule has 0 saturated heterocycles. The molecule has 0 aliphatic heterocycles. The third-order valence-electron chi connectivity index (χ3n) is 2.95. The van der Waals surface area contributed by atoms with Gasteiger partial charge in [-0.15, -0.1) is 5.10 Å². The summed E-state index contributed by atoms with van der Waals surface area (Å²) >= 11 is 3.43. The summed E-state index contributed by atoms with van der Waals surface area (Å²) < 4.78 is 7.92. The van der Waals surface area contributed by atoms with Crippen LogP contribution in [0.4, 0.5) is 0 Å². The first-order chi connectivity index (χ1) is 10.3. The molecule has 22 heavy (non-hydrogen) atoms. The van der Waals surface area contributed by atoms with Crippen molar-refractivity contribution in [2.75, 3.05) is 6.61 Å². The Morgan fingerprint density at radius 1 is 1.27 bits per heavy atom. The molecule has 0 N–H and O–H groups in total. The zero-order valence-corrected chi connectivity index (χ0v) is 15.8. The maximum absolute atomic E-state index is 12.1. The molecule has 5 nitrogen and oxygen atoms in total. The van der Waals surface area contributed by atoms with Crippen molar-refractivity contribution in [3.8, 4) is 11.3 Å². The SMILES string of the molecule is CCOC(=O)c1nnn(C[Si](C)(C)C)c1-c1ccc(Br)cc1. The Balaban J connectivity index is 2.52. The van der Waals surface area contributed by atoms with Crippen molar-refractivity contribution in [1.29, 1.82) is 0 Å². The van der Waals surface area contributed by atoms with E-state index in [0.717, 1.165) is 21.9 Å². The Bertz CT molecular complexity index is 662. The number of rotatable bonds is 5. The third kappa shape index (κ3) is 4.04. The van der Waals surface area contributed by atoms with Gasteiger partial charge < -0.3 is 4.74 Å². The lowest BCUT2D eigenvalue weighted by molar-refractivity contribution is 0.0520. The molecule has 118 valence electrons. The van der Waals surface area contributed by atoms with Crippen molar-refractivity contribution in [3.63, 3.8) is 0 Å². The first-order valence-corrected chi connectivity index (χ1v) is 11.7. The van der Waals surface area contributed by atoms with Gasteiger partial charge in [0.1, 0.15) is 5.69 Å². The van der Waals surface area contributed by atoms with E-state index in [4.69, 9.17) is 4.74 Å². The fraction of sp³-hybridized carbons (Fsp3) is 0.400. The fourth-order valence-corrected chi connectivity index (χ4v) is 3.49. The van der Waals surface area contributed by atoms with Gasteiger partial charge in [0.15, 0.2) is 5.69 Å². The summed E-state index contributed by atoms with van der Waals surface area (Å²) in [6, 6.07) is 7.78. The molecular formula is C15H20BrN3O2Si. The highest BCUT2D eigenvalue weighted by Crippen LogP contribution is 2.25. The maximum Gasteiger partial charge on any atom is 0.361 e. The average molecular weight is 382 g/mol. The molecule has 0 aliphatic rings. The highest BCUT2D eigenvalue weighted by atomic mass is 79.9. The summed E-state index contributed by atoms with van der Waals surface area (Å²) in [5.41, 5.74) is 1.92. The normalized spacial score (nSPS) is 11.5. The van der Waals surface area contributed by atoms with E-state index in [-0.39, 0.29) is 5.69 Å². The first-order valence-electron chi connectivity index (χ1n) is 7.18. The molecule has 0 unspecified atom stereocenters. The standard InChI is InChI=1S/C15H20BrN3O2Si/c1-5-21-15(20)13-14(11-6-8-12(16)9-7-11)19(18-17-13)10-22(2,3)4/h6-9H,5,10H2,1-4H3. The van der Waals surface area contributed by atoms with Gasteiger partial charge in [0.05, 0.1) is 14.7 Å². The molecule has 0 radical (unpaired) electrons. The minimum atomic E-state index is -1.41. The van der Waals surface area contributed by atoms with Crippen molar-refractivity contribution in [1.82, 2.24) is 15.0 Å². The van der Waals surface area contributed by atoms with Crippen LogP contribution in [0.5, 0.6) is 0 Å². The highest BCUT2D eigenvalue weighted by Gasteiger charge is 2.25. The Hall–Kier alpha value is -1.47. The predicted molar refractivity (Wildman–Crippen MR) is 92.5 cm³/mol. The summed E-state index contributed by atoms with van der Waals surface area (Å²) in [6.07, 6.45) is 0.796. The molecule has 0 atom stereocenters. The van der Waals surface area contributed by atoms with Crippen LogP contribution in [0.1, 0.15) is 17.4 Å². The second kappa shape index (κ2) is 6.74. The molecule has 7 heteroatoms. The number of carbonyl (C=O) groups excluding carboxylic acids is 1. The molecule has 0 amide bonds. The van der Waals surface area contributed by atoms with Crippen molar-refractivity contribution in [3.05, 3.63) is 34.4 Å². The van der Waals surface area contributed by atoms with E-state index in [1.165, 1.54) is 0 Å². The van der Waals surface area contributed by atoms with Gasteiger partial charge in [0, 0.05) is 16.2 Å². The topological polar surface area (TPSA) is 57.0 Å². The number of benzene rings is 1. The number of nitrogens with zero attached hydrogens (tertiary/aromatic N) is 3. The first kappa shape index (κ1) is 16.9. The van der Waals surface area contributed by atoms with Crippen LogP contribution in [-0.2, 0) is 10.9 Å². The molecule has 0 spiro atoms. The van der Waals surface area contributed by atoms with Gasteiger partial charge in [-0.2, -0.15) is 0 Å². The van der Waals surface area contributed by atoms with E-state index in [2.05, 4.69) is 45.9 Å². The molecular weight excluding hydrogens is 362 g/mol. The highest BCUT2D eigenvalue weighted by molar-refractivity contribution is 9.10. The van der Waals surface area contributed by atoms with Crippen molar-refractivity contribution >= 4 is 30.0 Å². The fourth-order valence-electron chi connectivity index (χ4n) is 2.10. The van der Waals surface area contributed by atoms with Gasteiger partial charge in [0.2, 0.25) is 0 Å². The Morgan fingerprint density at radius 2 is 1.91 bits per heavy atom. The lowest BCUT2D eigenvalue weighted by Gasteiger charge is -2.17. The predicted octanol–water partition coefficient (Wildman–Crippen LogP) is 3.76. The van der Waals surface area contributed by atoms with E-state index >= 15 is 0 Å². The lowest BCUT2D eigenvalue weighted by atomic mass is 10.1. The number of hydrogen-bond donors (Lipinski definition) is 0. The van der Waals surface area contributed by atoms with Gasteiger partial charge in [-0.05, 0) is 19.1 Å². The molecule has 1 aromatic carbocycles. The number of carbonyl (C=O) groups is 1. The van der Waals surface area contributed by atoms with E-state index < -0.39 is 14.0 Å². The van der Waals surface area contributed by atoms with E-state index in [1.54, 1.807) is 6.92 Å². The van der Waals surface area contributed by atoms with E-state index in [9.17, 15) is 4.79 Å². The Labute approximate surface area is 139 Å². The summed E-state index contributed by atoms with van der Waals surface area (Å²) in [6.45, 7) is 8.86. The molecule has 2 aromatic rings. The van der Waals surface area contributed by atoms with Crippen LogP contribution >= 0.6 is 15.9 Å². The van der Waals surface area contributed by atoms with Crippen molar-refractivity contribution in [2.24, 2.45) is 0 Å². The third-order valence-corrected chi connectivity index (χ3v) is 4.72. The van der Waals surface area contributed by atoms with Crippen LogP contribution in [0.3, 0.4) is 0 Å². The van der Waals surface area contributed by atoms with Gasteiger partial charge in [-0.25, -0.2) is 9.48 Å². The molecule has 0 aliphatic carbocycles. The molecule has 0 bridgehead atoms. The molecule has 0 fully saturated rings. The number of hydrogen-bond acceptors (Lipinski definition) is 4. The molecule has 1 heterocycles. The summed E-state index contributed by atoms with van der Waals surface area (Å²) in [5, 5.41) is 8.26. The minimum Gasteiger partial charge on any atom is -0.461 e. The Kier molecular flexibility index (Phi) is 5.18.